The molecule has 0 radical (unpaired) electrons. The van der Waals surface area contributed by atoms with Crippen LogP contribution in [0.4, 0.5) is 0 Å². The van der Waals surface area contributed by atoms with Crippen LogP contribution >= 0.6 is 0 Å². The third-order valence-corrected chi connectivity index (χ3v) is 4.38. The zero-order valence-corrected chi connectivity index (χ0v) is 14.0. The van der Waals surface area contributed by atoms with Gasteiger partial charge in [-0.05, 0) is 46.0 Å². The van der Waals surface area contributed by atoms with Crippen molar-refractivity contribution in [1.29, 1.82) is 0 Å². The van der Waals surface area contributed by atoms with E-state index in [4.69, 9.17) is 4.42 Å². The summed E-state index contributed by atoms with van der Waals surface area (Å²) in [7, 11) is 1.95. The Kier molecular flexibility index (Phi) is 4.09. The van der Waals surface area contributed by atoms with Gasteiger partial charge >= 0.3 is 0 Å². The Labute approximate surface area is 136 Å². The number of aromatic amines is 1. The number of H-pyrrole nitrogens is 1. The molecule has 0 aliphatic heterocycles. The van der Waals surface area contributed by atoms with Crippen LogP contribution in [0.2, 0.25) is 0 Å². The van der Waals surface area contributed by atoms with Crippen molar-refractivity contribution in [3.05, 3.63) is 59.2 Å². The van der Waals surface area contributed by atoms with Gasteiger partial charge in [0.15, 0.2) is 5.78 Å². The molecule has 3 aromatic rings. The number of nitrogens with zero attached hydrogens (tertiary/aromatic N) is 1. The summed E-state index contributed by atoms with van der Waals surface area (Å²) in [5.74, 6) is 1.89. The van der Waals surface area contributed by atoms with Gasteiger partial charge in [-0.25, -0.2) is 0 Å². The predicted octanol–water partition coefficient (Wildman–Crippen LogP) is 4.08. The van der Waals surface area contributed by atoms with Crippen LogP contribution in [0.25, 0.3) is 10.9 Å². The van der Waals surface area contributed by atoms with Crippen LogP contribution in [-0.2, 0) is 6.54 Å². The lowest BCUT2D eigenvalue weighted by Crippen LogP contribution is -2.35. The Morgan fingerprint density at radius 2 is 1.96 bits per heavy atom. The first-order chi connectivity index (χ1) is 11.0. The molecule has 120 valence electrons. The van der Waals surface area contributed by atoms with Crippen molar-refractivity contribution in [3.63, 3.8) is 0 Å². The van der Waals surface area contributed by atoms with Crippen molar-refractivity contribution in [3.8, 4) is 0 Å². The second-order valence-electron chi connectivity index (χ2n) is 6.14. The van der Waals surface area contributed by atoms with Gasteiger partial charge in [0.1, 0.15) is 11.5 Å². The molecular weight excluding hydrogens is 288 g/mol. The molecule has 1 aromatic carbocycles. The van der Waals surface area contributed by atoms with E-state index in [-0.39, 0.29) is 11.8 Å². The Morgan fingerprint density at radius 3 is 2.65 bits per heavy atom. The smallest absolute Gasteiger partial charge is 0.182 e. The first-order valence-electron chi connectivity index (χ1n) is 7.84. The molecule has 4 heteroatoms. The number of furan rings is 1. The molecule has 0 bridgehead atoms. The van der Waals surface area contributed by atoms with Crippen molar-refractivity contribution >= 4 is 16.7 Å². The van der Waals surface area contributed by atoms with Crippen molar-refractivity contribution < 1.29 is 9.21 Å². The van der Waals surface area contributed by atoms with Crippen LogP contribution < -0.4 is 0 Å². The molecule has 1 N–H and O–H groups in total. The zero-order chi connectivity index (χ0) is 16.6. The van der Waals surface area contributed by atoms with E-state index in [2.05, 4.69) is 4.98 Å². The fourth-order valence-corrected chi connectivity index (χ4v) is 2.96. The summed E-state index contributed by atoms with van der Waals surface area (Å²) in [6, 6.07) is 11.6. The van der Waals surface area contributed by atoms with Gasteiger partial charge in [-0.2, -0.15) is 0 Å². The minimum atomic E-state index is -0.224. The van der Waals surface area contributed by atoms with E-state index in [1.54, 1.807) is 0 Å². The van der Waals surface area contributed by atoms with Crippen LogP contribution in [0.5, 0.6) is 0 Å². The molecule has 2 aromatic heterocycles. The van der Waals surface area contributed by atoms with Gasteiger partial charge in [-0.1, -0.05) is 18.2 Å². The number of para-hydroxylation sites is 1. The number of fused-ring (bicyclic) bond motifs is 1. The summed E-state index contributed by atoms with van der Waals surface area (Å²) in [6.45, 7) is 6.44. The molecule has 0 saturated heterocycles. The van der Waals surface area contributed by atoms with Crippen LogP contribution in [0.3, 0.4) is 0 Å². The lowest BCUT2D eigenvalue weighted by Gasteiger charge is -2.22. The number of carbonyl (C=O) groups excluding carboxylic acids is 1. The normalized spacial score (nSPS) is 12.9. The summed E-state index contributed by atoms with van der Waals surface area (Å²) in [5, 5.41) is 0.990. The van der Waals surface area contributed by atoms with Crippen LogP contribution in [0.15, 0.2) is 40.8 Å². The lowest BCUT2D eigenvalue weighted by molar-refractivity contribution is 0.0856. The molecule has 0 spiro atoms. The van der Waals surface area contributed by atoms with Crippen LogP contribution in [-0.4, -0.2) is 28.8 Å². The summed E-state index contributed by atoms with van der Waals surface area (Å²) < 4.78 is 5.61. The fourth-order valence-electron chi connectivity index (χ4n) is 2.96. The number of carbonyl (C=O) groups is 1. The Morgan fingerprint density at radius 1 is 1.22 bits per heavy atom. The van der Waals surface area contributed by atoms with Crippen LogP contribution in [0, 0.1) is 13.8 Å². The van der Waals surface area contributed by atoms with Crippen molar-refractivity contribution in [2.75, 3.05) is 7.05 Å². The Hall–Kier alpha value is -2.33. The van der Waals surface area contributed by atoms with Gasteiger partial charge in [0.2, 0.25) is 0 Å². The van der Waals surface area contributed by atoms with E-state index in [1.807, 2.05) is 69.1 Å². The number of Topliss-reactive ketones (excluding diaryl/α,β-unsaturated/α-hetero) is 1. The standard InChI is InChI=1S/C19H22N2O2/c1-12-9-10-15(23-12)11-21(4)14(3)19(22)18-13(2)20-17-8-6-5-7-16(17)18/h5-10,14,20H,11H2,1-4H3/t14-/m1/s1. The maximum absolute atomic E-state index is 13.0. The highest BCUT2D eigenvalue weighted by Crippen LogP contribution is 2.24. The molecule has 2 heterocycles. The zero-order valence-electron chi connectivity index (χ0n) is 14.0. The number of nitrogens with one attached hydrogen (secondary N) is 1. The van der Waals surface area contributed by atoms with Crippen molar-refractivity contribution in [1.82, 2.24) is 9.88 Å². The number of benzene rings is 1. The largest absolute Gasteiger partial charge is 0.465 e. The summed E-state index contributed by atoms with van der Waals surface area (Å²) in [4.78, 5) is 18.3. The predicted molar refractivity (Wildman–Crippen MR) is 91.7 cm³/mol. The highest BCUT2D eigenvalue weighted by atomic mass is 16.3. The maximum atomic E-state index is 13.0. The first kappa shape index (κ1) is 15.6. The van der Waals surface area contributed by atoms with Gasteiger partial charge in [-0.3, -0.25) is 9.69 Å². The Bertz CT molecular complexity index is 844. The number of hydrogen-bond acceptors (Lipinski definition) is 3. The molecule has 0 unspecified atom stereocenters. The van der Waals surface area contributed by atoms with E-state index < -0.39 is 0 Å². The van der Waals surface area contributed by atoms with Crippen LogP contribution in [0.1, 0.15) is 34.5 Å². The molecule has 1 atom stereocenters. The minimum absolute atomic E-state index is 0.130. The average molecular weight is 310 g/mol. The molecule has 0 saturated carbocycles. The second-order valence-corrected chi connectivity index (χ2v) is 6.14. The molecular formula is C19H22N2O2. The molecule has 23 heavy (non-hydrogen) atoms. The van der Waals surface area contributed by atoms with Gasteiger partial charge in [0.25, 0.3) is 0 Å². The number of aromatic nitrogens is 1. The highest BCUT2D eigenvalue weighted by molar-refractivity contribution is 6.11. The topological polar surface area (TPSA) is 49.2 Å². The fraction of sp³-hybridized carbons (Fsp3) is 0.316. The van der Waals surface area contributed by atoms with E-state index >= 15 is 0 Å². The highest BCUT2D eigenvalue weighted by Gasteiger charge is 2.24. The van der Waals surface area contributed by atoms with E-state index in [0.29, 0.717) is 6.54 Å². The van der Waals surface area contributed by atoms with E-state index in [9.17, 15) is 4.79 Å². The molecule has 0 fully saturated rings. The quantitative estimate of drug-likeness (QED) is 0.722. The van der Waals surface area contributed by atoms with E-state index in [0.717, 1.165) is 33.7 Å². The number of ketones is 1. The van der Waals surface area contributed by atoms with Gasteiger partial charge in [0.05, 0.1) is 12.6 Å². The average Bonchev–Trinajstić information content (AvgIpc) is 3.07. The molecule has 0 amide bonds. The summed E-state index contributed by atoms with van der Waals surface area (Å²) in [6.07, 6.45) is 0. The molecule has 0 aliphatic rings. The SMILES string of the molecule is Cc1ccc(CN(C)[C@H](C)C(=O)c2c(C)[nH]c3ccccc23)o1. The third kappa shape index (κ3) is 2.94. The van der Waals surface area contributed by atoms with E-state index in [1.165, 1.54) is 0 Å². The minimum Gasteiger partial charge on any atom is -0.465 e. The van der Waals surface area contributed by atoms with Crippen molar-refractivity contribution in [2.24, 2.45) is 0 Å². The second kappa shape index (κ2) is 6.05. The first-order valence-corrected chi connectivity index (χ1v) is 7.84. The van der Waals surface area contributed by atoms with Crippen molar-refractivity contribution in [2.45, 2.75) is 33.4 Å². The number of rotatable bonds is 5. The molecule has 4 nitrogen and oxygen atoms in total. The number of likely N-dealkylation sites (N-methyl/N-ethyl adjacent to an activating group) is 1. The lowest BCUT2D eigenvalue weighted by atomic mass is 10.0. The van der Waals surface area contributed by atoms with Gasteiger partial charge in [0, 0.05) is 22.2 Å². The molecule has 0 aliphatic carbocycles. The number of aryl methyl sites for hydroxylation is 2. The number of hydrogen-bond donors (Lipinski definition) is 1. The monoisotopic (exact) mass is 310 g/mol. The third-order valence-electron chi connectivity index (χ3n) is 4.38. The Balaban J connectivity index is 1.84. The summed E-state index contributed by atoms with van der Waals surface area (Å²) in [5.41, 5.74) is 2.71. The maximum Gasteiger partial charge on any atom is 0.182 e. The molecule has 3 rings (SSSR count). The van der Waals surface area contributed by atoms with Gasteiger partial charge < -0.3 is 9.40 Å². The summed E-state index contributed by atoms with van der Waals surface area (Å²) >= 11 is 0. The van der Waals surface area contributed by atoms with Gasteiger partial charge in [-0.15, -0.1) is 0 Å².